The molecule has 0 saturated carbocycles. The Balaban J connectivity index is 2.20. The van der Waals surface area contributed by atoms with Crippen molar-refractivity contribution < 1.29 is 0 Å². The minimum Gasteiger partial charge on any atom is -0.312 e. The van der Waals surface area contributed by atoms with E-state index in [2.05, 4.69) is 70.6 Å². The molecule has 0 bridgehead atoms. The van der Waals surface area contributed by atoms with Crippen molar-refractivity contribution in [2.45, 2.75) is 12.5 Å². The Kier molecular flexibility index (Phi) is 5.27. The fourth-order valence-corrected chi connectivity index (χ4v) is 5.30. The summed E-state index contributed by atoms with van der Waals surface area (Å²) in [4.78, 5) is 2.72. The highest BCUT2D eigenvalue weighted by Crippen LogP contribution is 2.37. The van der Waals surface area contributed by atoms with Gasteiger partial charge >= 0.3 is 0 Å². The summed E-state index contributed by atoms with van der Waals surface area (Å²) < 4.78 is 3.48. The first-order valence-corrected chi connectivity index (χ1v) is 9.03. The molecule has 6 heteroatoms. The SMILES string of the molecule is CNC(Cc1sccc1Br)c1cc(Br)c(Br)s1. The fraction of sp³-hybridized carbons (Fsp3) is 0.273. The third-order valence-corrected chi connectivity index (χ3v) is 7.76. The van der Waals surface area contributed by atoms with Gasteiger partial charge in [0.05, 0.1) is 3.79 Å². The van der Waals surface area contributed by atoms with Gasteiger partial charge < -0.3 is 5.32 Å². The molecule has 1 unspecified atom stereocenters. The van der Waals surface area contributed by atoms with E-state index < -0.39 is 0 Å². The van der Waals surface area contributed by atoms with E-state index in [9.17, 15) is 0 Å². The summed E-state index contributed by atoms with van der Waals surface area (Å²) in [5.74, 6) is 0. The van der Waals surface area contributed by atoms with Gasteiger partial charge in [-0.1, -0.05) is 0 Å². The molecule has 0 radical (unpaired) electrons. The minimum atomic E-state index is 0.359. The molecule has 17 heavy (non-hydrogen) atoms. The number of thiophene rings is 2. The highest BCUT2D eigenvalue weighted by Gasteiger charge is 2.16. The van der Waals surface area contributed by atoms with E-state index in [0.29, 0.717) is 6.04 Å². The van der Waals surface area contributed by atoms with Crippen LogP contribution in [0.3, 0.4) is 0 Å². The lowest BCUT2D eigenvalue weighted by Crippen LogP contribution is -2.17. The summed E-state index contributed by atoms with van der Waals surface area (Å²) in [5.41, 5.74) is 0. The second-order valence-corrected chi connectivity index (χ2v) is 8.62. The lowest BCUT2D eigenvalue weighted by atomic mass is 10.1. The molecule has 0 saturated heterocycles. The molecule has 1 N–H and O–H groups in total. The Bertz CT molecular complexity index is 487. The van der Waals surface area contributed by atoms with E-state index in [4.69, 9.17) is 0 Å². The zero-order valence-corrected chi connectivity index (χ0v) is 15.4. The van der Waals surface area contributed by atoms with E-state index in [-0.39, 0.29) is 0 Å². The van der Waals surface area contributed by atoms with Gasteiger partial charge in [-0.25, -0.2) is 0 Å². The number of rotatable bonds is 4. The molecule has 2 aromatic rings. The van der Waals surface area contributed by atoms with Crippen molar-refractivity contribution in [2.24, 2.45) is 0 Å². The van der Waals surface area contributed by atoms with Gasteiger partial charge in [0, 0.05) is 31.2 Å². The van der Waals surface area contributed by atoms with Crippen LogP contribution in [0.1, 0.15) is 15.8 Å². The first-order valence-electron chi connectivity index (χ1n) is 4.95. The van der Waals surface area contributed by atoms with Crippen LogP contribution in [-0.4, -0.2) is 7.05 Å². The van der Waals surface area contributed by atoms with Crippen LogP contribution in [0.25, 0.3) is 0 Å². The topological polar surface area (TPSA) is 12.0 Å². The summed E-state index contributed by atoms with van der Waals surface area (Å²) in [6.07, 6.45) is 1.01. The maximum atomic E-state index is 3.58. The summed E-state index contributed by atoms with van der Waals surface area (Å²) in [5, 5.41) is 5.50. The number of nitrogens with one attached hydrogen (secondary N) is 1. The van der Waals surface area contributed by atoms with Gasteiger partial charge in [-0.05, 0) is 72.4 Å². The highest BCUT2D eigenvalue weighted by atomic mass is 79.9. The summed E-state index contributed by atoms with van der Waals surface area (Å²) in [6.45, 7) is 0. The summed E-state index contributed by atoms with van der Waals surface area (Å²) in [6, 6.07) is 4.64. The van der Waals surface area contributed by atoms with E-state index in [1.54, 1.807) is 22.7 Å². The molecule has 0 aromatic carbocycles. The molecular weight excluding hydrogens is 450 g/mol. The van der Waals surface area contributed by atoms with Crippen LogP contribution in [0.5, 0.6) is 0 Å². The van der Waals surface area contributed by atoms with E-state index in [0.717, 1.165) is 14.7 Å². The second kappa shape index (κ2) is 6.30. The first kappa shape index (κ1) is 14.2. The predicted octanol–water partition coefficient (Wildman–Crippen LogP) is 5.60. The van der Waals surface area contributed by atoms with Crippen molar-refractivity contribution in [1.29, 1.82) is 0 Å². The van der Waals surface area contributed by atoms with Gasteiger partial charge in [-0.3, -0.25) is 0 Å². The van der Waals surface area contributed by atoms with Gasteiger partial charge in [-0.2, -0.15) is 0 Å². The zero-order chi connectivity index (χ0) is 12.4. The number of hydrogen-bond acceptors (Lipinski definition) is 3. The van der Waals surface area contributed by atoms with Gasteiger partial charge in [0.15, 0.2) is 0 Å². The van der Waals surface area contributed by atoms with Crippen molar-refractivity contribution in [1.82, 2.24) is 5.32 Å². The molecule has 0 amide bonds. The third-order valence-electron chi connectivity index (χ3n) is 2.44. The summed E-state index contributed by atoms with van der Waals surface area (Å²) >= 11 is 14.2. The van der Waals surface area contributed by atoms with Gasteiger partial charge in [0.2, 0.25) is 0 Å². The molecule has 1 nitrogen and oxygen atoms in total. The molecule has 0 spiro atoms. The number of hydrogen-bond donors (Lipinski definition) is 1. The Hall–Kier alpha value is 0.800. The van der Waals surface area contributed by atoms with E-state index >= 15 is 0 Å². The Morgan fingerprint density at radius 1 is 1.29 bits per heavy atom. The molecule has 92 valence electrons. The lowest BCUT2D eigenvalue weighted by molar-refractivity contribution is 0.606. The lowest BCUT2D eigenvalue weighted by Gasteiger charge is -2.13. The average Bonchev–Trinajstić information content (AvgIpc) is 2.83. The second-order valence-electron chi connectivity index (χ2n) is 3.51. The molecule has 2 rings (SSSR count). The molecule has 0 aliphatic rings. The number of halogens is 3. The van der Waals surface area contributed by atoms with Crippen LogP contribution in [0, 0.1) is 0 Å². The smallest absolute Gasteiger partial charge is 0.0843 e. The zero-order valence-electron chi connectivity index (χ0n) is 8.97. The minimum absolute atomic E-state index is 0.359. The van der Waals surface area contributed by atoms with Crippen molar-refractivity contribution in [2.75, 3.05) is 7.05 Å². The van der Waals surface area contributed by atoms with Gasteiger partial charge in [0.1, 0.15) is 0 Å². The Morgan fingerprint density at radius 3 is 2.53 bits per heavy atom. The standard InChI is InChI=1S/C11H10Br3NS2/c1-15-8(5-9-6(12)2-3-16-9)10-4-7(13)11(14)17-10/h2-4,8,15H,5H2,1H3. The van der Waals surface area contributed by atoms with Crippen LogP contribution in [0.4, 0.5) is 0 Å². The van der Waals surface area contributed by atoms with Crippen LogP contribution < -0.4 is 5.32 Å². The quantitative estimate of drug-likeness (QED) is 0.627. The third kappa shape index (κ3) is 3.42. The van der Waals surface area contributed by atoms with E-state index in [1.165, 1.54) is 14.2 Å². The average molecular weight is 460 g/mol. The predicted molar refractivity (Wildman–Crippen MR) is 87.2 cm³/mol. The molecule has 2 heterocycles. The van der Waals surface area contributed by atoms with Gasteiger partial charge in [0.25, 0.3) is 0 Å². The maximum absolute atomic E-state index is 3.58. The van der Waals surface area contributed by atoms with Crippen molar-refractivity contribution in [3.8, 4) is 0 Å². The fourth-order valence-electron chi connectivity index (χ4n) is 1.54. The Labute approximate surface area is 134 Å². The van der Waals surface area contributed by atoms with Crippen molar-refractivity contribution in [3.05, 3.63) is 40.0 Å². The normalized spacial score (nSPS) is 12.9. The van der Waals surface area contributed by atoms with Crippen LogP contribution in [-0.2, 0) is 6.42 Å². The van der Waals surface area contributed by atoms with Crippen LogP contribution in [0.2, 0.25) is 0 Å². The van der Waals surface area contributed by atoms with Gasteiger partial charge in [-0.15, -0.1) is 22.7 Å². The summed E-state index contributed by atoms with van der Waals surface area (Å²) in [7, 11) is 2.01. The first-order chi connectivity index (χ1) is 8.11. The van der Waals surface area contributed by atoms with Crippen molar-refractivity contribution >= 4 is 70.5 Å². The molecule has 0 fully saturated rings. The van der Waals surface area contributed by atoms with E-state index in [1.807, 2.05) is 7.05 Å². The molecule has 0 aliphatic carbocycles. The van der Waals surface area contributed by atoms with Crippen molar-refractivity contribution in [3.63, 3.8) is 0 Å². The molecule has 2 aromatic heterocycles. The van der Waals surface area contributed by atoms with Crippen LogP contribution >= 0.6 is 70.5 Å². The molecule has 0 aliphatic heterocycles. The Morgan fingerprint density at radius 2 is 2.06 bits per heavy atom. The molecular formula is C11H10Br3NS2. The maximum Gasteiger partial charge on any atom is 0.0843 e. The highest BCUT2D eigenvalue weighted by molar-refractivity contribution is 9.13. The van der Waals surface area contributed by atoms with Crippen LogP contribution in [0.15, 0.2) is 30.2 Å². The monoisotopic (exact) mass is 457 g/mol. The number of likely N-dealkylation sites (N-methyl/N-ethyl adjacent to an activating group) is 1. The molecule has 1 atom stereocenters. The largest absolute Gasteiger partial charge is 0.312 e.